The van der Waals surface area contributed by atoms with E-state index in [2.05, 4.69) is 20.8 Å². The van der Waals surface area contributed by atoms with Crippen LogP contribution in [0.5, 0.6) is 0 Å². The molecule has 0 saturated heterocycles. The minimum atomic E-state index is -2.11. The van der Waals surface area contributed by atoms with Gasteiger partial charge >= 0.3 is 0 Å². The van der Waals surface area contributed by atoms with Crippen molar-refractivity contribution in [1.82, 2.24) is 0 Å². The summed E-state index contributed by atoms with van der Waals surface area (Å²) < 4.78 is 21.2. The Morgan fingerprint density at radius 3 is 2.07 bits per heavy atom. The Labute approximate surface area is 87.6 Å². The van der Waals surface area contributed by atoms with Crippen LogP contribution in [0.4, 0.5) is 0 Å². The van der Waals surface area contributed by atoms with E-state index >= 15 is 0 Å². The van der Waals surface area contributed by atoms with Gasteiger partial charge in [0.25, 0.3) is 0 Å². The zero-order chi connectivity index (χ0) is 10.8. The van der Waals surface area contributed by atoms with Crippen LogP contribution in [-0.4, -0.2) is 8.76 Å². The summed E-state index contributed by atoms with van der Waals surface area (Å²) in [7, 11) is 0. The van der Waals surface area contributed by atoms with Crippen molar-refractivity contribution in [2.24, 2.45) is 5.41 Å². The molecule has 3 heteroatoms. The smallest absolute Gasteiger partial charge is 0.0248 e. The molecule has 2 nitrogen and oxygen atoms in total. The normalized spacial score (nSPS) is 14.0. The molecule has 0 spiro atoms. The van der Waals surface area contributed by atoms with Crippen molar-refractivity contribution in [1.29, 1.82) is 0 Å². The number of rotatable bonds is 2. The van der Waals surface area contributed by atoms with E-state index in [9.17, 15) is 8.76 Å². The molecule has 0 saturated carbocycles. The lowest BCUT2D eigenvalue weighted by Crippen LogP contribution is -2.08. The zero-order valence-electron chi connectivity index (χ0n) is 8.74. The molecule has 0 fully saturated rings. The van der Waals surface area contributed by atoms with Crippen LogP contribution in [-0.2, 0) is 17.5 Å². The van der Waals surface area contributed by atoms with Gasteiger partial charge in [-0.15, -0.1) is 0 Å². The molecule has 1 rings (SSSR count). The largest absolute Gasteiger partial charge is 0.768 e. The van der Waals surface area contributed by atoms with Crippen LogP contribution in [0, 0.1) is 5.41 Å². The van der Waals surface area contributed by atoms with Gasteiger partial charge in [-0.2, -0.15) is 0 Å². The standard InChI is InChI=1S/C11H16O2S/c1-11(2,3)8-9-4-6-10(7-5-9)14(12)13/h4-7H,8H2,1-3H3,(H,12,13)/p-1. The predicted molar refractivity (Wildman–Crippen MR) is 56.8 cm³/mol. The maximum absolute atomic E-state index is 10.6. The summed E-state index contributed by atoms with van der Waals surface area (Å²) in [6, 6.07) is 7.03. The third-order valence-corrected chi connectivity index (χ3v) is 2.51. The first kappa shape index (κ1) is 11.4. The molecule has 14 heavy (non-hydrogen) atoms. The molecule has 1 atom stereocenters. The highest BCUT2D eigenvalue weighted by Gasteiger charge is 2.10. The third-order valence-electron chi connectivity index (χ3n) is 1.85. The van der Waals surface area contributed by atoms with Crippen LogP contribution < -0.4 is 0 Å². The molecule has 1 aromatic rings. The van der Waals surface area contributed by atoms with Gasteiger partial charge in [-0.05, 0) is 40.6 Å². The molecule has 0 aliphatic heterocycles. The van der Waals surface area contributed by atoms with Crippen molar-refractivity contribution >= 4 is 11.1 Å². The molecule has 1 unspecified atom stereocenters. The van der Waals surface area contributed by atoms with Crippen molar-refractivity contribution < 1.29 is 8.76 Å². The van der Waals surface area contributed by atoms with Crippen molar-refractivity contribution in [2.45, 2.75) is 32.1 Å². The second-order valence-electron chi connectivity index (χ2n) is 4.62. The molecule has 0 aromatic heterocycles. The molecule has 0 heterocycles. The van der Waals surface area contributed by atoms with E-state index in [1.54, 1.807) is 12.1 Å². The Hall–Kier alpha value is -0.670. The van der Waals surface area contributed by atoms with Gasteiger partial charge in [0.1, 0.15) is 0 Å². The van der Waals surface area contributed by atoms with E-state index < -0.39 is 11.1 Å². The number of hydrogen-bond acceptors (Lipinski definition) is 2. The van der Waals surface area contributed by atoms with Crippen LogP contribution in [0.2, 0.25) is 0 Å². The monoisotopic (exact) mass is 211 g/mol. The maximum Gasteiger partial charge on any atom is 0.0248 e. The van der Waals surface area contributed by atoms with Gasteiger partial charge < -0.3 is 4.55 Å². The first-order chi connectivity index (χ1) is 6.38. The van der Waals surface area contributed by atoms with Crippen LogP contribution in [0.25, 0.3) is 0 Å². The summed E-state index contributed by atoms with van der Waals surface area (Å²) in [6.07, 6.45) is 0.957. The predicted octanol–water partition coefficient (Wildman–Crippen LogP) is 2.51. The van der Waals surface area contributed by atoms with E-state index in [0.717, 1.165) is 6.42 Å². The Balaban J connectivity index is 2.79. The average Bonchev–Trinajstić information content (AvgIpc) is 2.02. The highest BCUT2D eigenvalue weighted by Crippen LogP contribution is 2.20. The van der Waals surface area contributed by atoms with Gasteiger partial charge in [-0.3, -0.25) is 4.21 Å². The summed E-state index contributed by atoms with van der Waals surface area (Å²) in [5.41, 5.74) is 1.41. The Kier molecular flexibility index (Phi) is 3.45. The molecular formula is C11H15O2S-. The number of hydrogen-bond donors (Lipinski definition) is 0. The summed E-state index contributed by atoms with van der Waals surface area (Å²) in [6.45, 7) is 6.48. The molecule has 78 valence electrons. The van der Waals surface area contributed by atoms with Gasteiger partial charge in [0.15, 0.2) is 0 Å². The molecule has 0 aliphatic carbocycles. The first-order valence-electron chi connectivity index (χ1n) is 4.57. The van der Waals surface area contributed by atoms with E-state index in [-0.39, 0.29) is 5.41 Å². The van der Waals surface area contributed by atoms with Crippen molar-refractivity contribution in [3.63, 3.8) is 0 Å². The lowest BCUT2D eigenvalue weighted by Gasteiger charge is -2.18. The molecule has 0 bridgehead atoms. The fraction of sp³-hybridized carbons (Fsp3) is 0.455. The maximum atomic E-state index is 10.6. The first-order valence-corrected chi connectivity index (χ1v) is 5.64. The van der Waals surface area contributed by atoms with Crippen molar-refractivity contribution in [2.75, 3.05) is 0 Å². The van der Waals surface area contributed by atoms with E-state index in [1.165, 1.54) is 5.56 Å². The summed E-state index contributed by atoms with van der Waals surface area (Å²) >= 11 is -2.11. The Bertz CT molecular complexity index is 322. The molecule has 0 N–H and O–H groups in total. The zero-order valence-corrected chi connectivity index (χ0v) is 9.56. The van der Waals surface area contributed by atoms with Crippen LogP contribution in [0.15, 0.2) is 29.2 Å². The average molecular weight is 211 g/mol. The summed E-state index contributed by atoms with van der Waals surface area (Å²) in [5, 5.41) is 0. The lowest BCUT2D eigenvalue weighted by molar-refractivity contribution is 0.411. The molecule has 0 radical (unpaired) electrons. The SMILES string of the molecule is CC(C)(C)Cc1ccc(S(=O)[O-])cc1. The second kappa shape index (κ2) is 4.24. The fourth-order valence-electron chi connectivity index (χ4n) is 1.33. The molecule has 1 aromatic carbocycles. The Morgan fingerprint density at radius 2 is 1.71 bits per heavy atom. The van der Waals surface area contributed by atoms with E-state index in [1.807, 2.05) is 12.1 Å². The van der Waals surface area contributed by atoms with E-state index in [4.69, 9.17) is 0 Å². The third kappa shape index (κ3) is 3.60. The summed E-state index contributed by atoms with van der Waals surface area (Å²) in [5.74, 6) is 0. The number of benzene rings is 1. The second-order valence-corrected chi connectivity index (χ2v) is 5.56. The topological polar surface area (TPSA) is 40.1 Å². The molecule has 0 aliphatic rings. The fourth-order valence-corrected chi connectivity index (χ4v) is 1.69. The van der Waals surface area contributed by atoms with Gasteiger partial charge in [0.05, 0.1) is 0 Å². The van der Waals surface area contributed by atoms with E-state index in [0.29, 0.717) is 4.90 Å². The van der Waals surface area contributed by atoms with Gasteiger partial charge in [0, 0.05) is 4.90 Å². The van der Waals surface area contributed by atoms with Gasteiger partial charge in [0.2, 0.25) is 0 Å². The minimum Gasteiger partial charge on any atom is -0.768 e. The lowest BCUT2D eigenvalue weighted by atomic mass is 9.88. The Morgan fingerprint density at radius 1 is 1.21 bits per heavy atom. The van der Waals surface area contributed by atoms with Gasteiger partial charge in [-0.1, -0.05) is 32.9 Å². The van der Waals surface area contributed by atoms with Gasteiger partial charge in [-0.25, -0.2) is 0 Å². The highest BCUT2D eigenvalue weighted by molar-refractivity contribution is 7.79. The van der Waals surface area contributed by atoms with Crippen LogP contribution in [0.3, 0.4) is 0 Å². The molecular weight excluding hydrogens is 196 g/mol. The van der Waals surface area contributed by atoms with Crippen molar-refractivity contribution in [3.8, 4) is 0 Å². The molecule has 0 amide bonds. The summed E-state index contributed by atoms with van der Waals surface area (Å²) in [4.78, 5) is 0.350. The minimum absolute atomic E-state index is 0.234. The van der Waals surface area contributed by atoms with Crippen molar-refractivity contribution in [3.05, 3.63) is 29.8 Å². The van der Waals surface area contributed by atoms with Crippen LogP contribution in [0.1, 0.15) is 26.3 Å². The van der Waals surface area contributed by atoms with Crippen LogP contribution >= 0.6 is 0 Å². The quantitative estimate of drug-likeness (QED) is 0.705. The highest BCUT2D eigenvalue weighted by atomic mass is 32.2.